The molecule has 4 atom stereocenters. The van der Waals surface area contributed by atoms with Crippen LogP contribution in [0.2, 0.25) is 0 Å². The average molecular weight is 587 g/mol. The molecule has 8 nitrogen and oxygen atoms in total. The molecule has 38 heavy (non-hydrogen) atoms. The van der Waals surface area contributed by atoms with E-state index in [9.17, 15) is 17.9 Å². The molecule has 0 aliphatic heterocycles. The lowest BCUT2D eigenvalue weighted by molar-refractivity contribution is -0.870. The second-order valence-electron chi connectivity index (χ2n) is 11.9. The summed E-state index contributed by atoms with van der Waals surface area (Å²) < 4.78 is 56.7. The second-order valence-corrected chi connectivity index (χ2v) is 15.9. The number of ether oxygens (including phenoxy) is 1. The SMILES string of the molecule is CCCCCCCCCCCCCCCC(CC)S(=O)(=O)C(C)(OP(=O)(O)OCC[N+](C)(C)C)C(C)OC. The van der Waals surface area contributed by atoms with E-state index < -0.39 is 33.9 Å². The van der Waals surface area contributed by atoms with Crippen molar-refractivity contribution < 1.29 is 36.1 Å². The van der Waals surface area contributed by atoms with Crippen LogP contribution >= 0.6 is 7.82 Å². The van der Waals surface area contributed by atoms with Crippen LogP contribution in [0.5, 0.6) is 0 Å². The minimum Gasteiger partial charge on any atom is -0.378 e. The number of nitrogens with zero attached hydrogens (tertiary/aromatic N) is 1. The molecule has 0 saturated carbocycles. The summed E-state index contributed by atoms with van der Waals surface area (Å²) in [5.74, 6) is 0. The molecular weight excluding hydrogens is 525 g/mol. The van der Waals surface area contributed by atoms with Crippen LogP contribution in [0.3, 0.4) is 0 Å². The van der Waals surface area contributed by atoms with E-state index in [2.05, 4.69) is 6.92 Å². The molecule has 10 heteroatoms. The minimum atomic E-state index is -4.64. The van der Waals surface area contributed by atoms with E-state index in [-0.39, 0.29) is 6.61 Å². The summed E-state index contributed by atoms with van der Waals surface area (Å²) in [7, 11) is -1.48. The Hall–Kier alpha value is -0.0200. The summed E-state index contributed by atoms with van der Waals surface area (Å²) in [4.78, 5) is 8.38. The van der Waals surface area contributed by atoms with Crippen LogP contribution in [-0.2, 0) is 28.2 Å². The molecule has 0 heterocycles. The number of quaternary nitrogens is 1. The van der Waals surface area contributed by atoms with Gasteiger partial charge in [0, 0.05) is 7.11 Å². The Morgan fingerprint density at radius 2 is 1.32 bits per heavy atom. The van der Waals surface area contributed by atoms with E-state index in [1.165, 1.54) is 78.2 Å². The maximum atomic E-state index is 13.7. The van der Waals surface area contributed by atoms with Crippen molar-refractivity contribution in [3.8, 4) is 0 Å². The lowest BCUT2D eigenvalue weighted by Crippen LogP contribution is -2.52. The van der Waals surface area contributed by atoms with Gasteiger partial charge in [0.1, 0.15) is 13.2 Å². The zero-order chi connectivity index (χ0) is 29.3. The molecule has 0 radical (unpaired) electrons. The standard InChI is InChI=1S/C28H60NO7PS/c1-9-11-12-13-14-15-16-17-18-19-20-21-22-23-27(10-2)38(32,33)28(4,26(3)34-8)36-37(30,31)35-25-24-29(5,6)7/h26-27H,9-25H2,1-8H3/p+1. The number of hydrogen-bond donors (Lipinski definition) is 1. The Labute approximate surface area is 235 Å². The van der Waals surface area contributed by atoms with E-state index in [0.717, 1.165) is 19.3 Å². The summed E-state index contributed by atoms with van der Waals surface area (Å²) in [6.45, 7) is 7.38. The Morgan fingerprint density at radius 1 is 0.868 bits per heavy atom. The molecule has 230 valence electrons. The number of hydrogen-bond acceptors (Lipinski definition) is 6. The summed E-state index contributed by atoms with van der Waals surface area (Å²) in [5.41, 5.74) is 0. The Balaban J connectivity index is 4.79. The van der Waals surface area contributed by atoms with Gasteiger partial charge in [0.25, 0.3) is 0 Å². The third-order valence-corrected chi connectivity index (χ3v) is 11.7. The highest BCUT2D eigenvalue weighted by molar-refractivity contribution is 7.93. The lowest BCUT2D eigenvalue weighted by Gasteiger charge is -2.37. The van der Waals surface area contributed by atoms with Gasteiger partial charge in [-0.05, 0) is 26.7 Å². The number of methoxy groups -OCH3 is 1. The van der Waals surface area contributed by atoms with Gasteiger partial charge >= 0.3 is 7.82 Å². The Kier molecular flexibility index (Phi) is 19.2. The van der Waals surface area contributed by atoms with Gasteiger partial charge in [-0.15, -0.1) is 0 Å². The third kappa shape index (κ3) is 15.1. The van der Waals surface area contributed by atoms with Crippen molar-refractivity contribution in [2.45, 2.75) is 140 Å². The molecule has 0 fully saturated rings. The second kappa shape index (κ2) is 19.2. The van der Waals surface area contributed by atoms with Gasteiger partial charge in [-0.1, -0.05) is 97.3 Å². The number of phosphoric ester groups is 1. The van der Waals surface area contributed by atoms with Gasteiger partial charge < -0.3 is 14.1 Å². The van der Waals surface area contributed by atoms with Crippen LogP contribution in [-0.4, -0.2) is 75.5 Å². The largest absolute Gasteiger partial charge is 0.474 e. The van der Waals surface area contributed by atoms with Crippen molar-refractivity contribution in [2.75, 3.05) is 41.4 Å². The number of phosphoric acid groups is 1. The monoisotopic (exact) mass is 586 g/mol. The van der Waals surface area contributed by atoms with Crippen LogP contribution in [0.1, 0.15) is 124 Å². The zero-order valence-electron chi connectivity index (χ0n) is 25.9. The molecule has 0 bridgehead atoms. The maximum Gasteiger partial charge on any atom is 0.474 e. The maximum absolute atomic E-state index is 13.7. The van der Waals surface area contributed by atoms with Gasteiger partial charge in [-0.2, -0.15) is 0 Å². The van der Waals surface area contributed by atoms with E-state index in [4.69, 9.17) is 13.8 Å². The van der Waals surface area contributed by atoms with Gasteiger partial charge in [0.05, 0.1) is 32.5 Å². The van der Waals surface area contributed by atoms with Crippen LogP contribution in [0.4, 0.5) is 0 Å². The molecule has 0 amide bonds. The highest BCUT2D eigenvalue weighted by Crippen LogP contribution is 2.51. The quantitative estimate of drug-likeness (QED) is 0.0683. The number of unbranched alkanes of at least 4 members (excludes halogenated alkanes) is 12. The van der Waals surface area contributed by atoms with Crippen molar-refractivity contribution in [3.05, 3.63) is 0 Å². The van der Waals surface area contributed by atoms with E-state index >= 15 is 0 Å². The molecule has 0 aliphatic rings. The number of sulfone groups is 1. The molecule has 0 saturated heterocycles. The normalized spacial score (nSPS) is 17.6. The minimum absolute atomic E-state index is 0.0368. The van der Waals surface area contributed by atoms with Crippen molar-refractivity contribution in [3.63, 3.8) is 0 Å². The van der Waals surface area contributed by atoms with Gasteiger partial charge in [0.15, 0.2) is 9.84 Å². The van der Waals surface area contributed by atoms with Gasteiger partial charge in [0.2, 0.25) is 4.93 Å². The molecule has 0 aromatic heterocycles. The van der Waals surface area contributed by atoms with E-state index in [0.29, 0.717) is 23.9 Å². The fraction of sp³-hybridized carbons (Fsp3) is 1.00. The fourth-order valence-electron chi connectivity index (χ4n) is 4.56. The lowest BCUT2D eigenvalue weighted by atomic mass is 10.0. The zero-order valence-corrected chi connectivity index (χ0v) is 27.6. The smallest absolute Gasteiger partial charge is 0.378 e. The molecule has 0 aromatic rings. The number of rotatable bonds is 25. The molecule has 1 N–H and O–H groups in total. The molecular formula is C28H61NO7PS+. The number of likely N-dealkylation sites (N-methyl/N-ethyl adjacent to an activating group) is 1. The van der Waals surface area contributed by atoms with Gasteiger partial charge in [-0.25, -0.2) is 13.0 Å². The van der Waals surface area contributed by atoms with Crippen molar-refractivity contribution in [1.82, 2.24) is 0 Å². The topological polar surface area (TPSA) is 99.1 Å². The molecule has 0 rings (SSSR count). The first-order valence-corrected chi connectivity index (χ1v) is 18.0. The first-order chi connectivity index (χ1) is 17.7. The summed E-state index contributed by atoms with van der Waals surface area (Å²) >= 11 is 0. The molecule has 4 unspecified atom stereocenters. The van der Waals surface area contributed by atoms with Crippen LogP contribution in [0, 0.1) is 0 Å². The van der Waals surface area contributed by atoms with Gasteiger partial charge in [-0.3, -0.25) is 9.05 Å². The summed E-state index contributed by atoms with van der Waals surface area (Å²) in [5, 5.41) is -0.691. The first kappa shape index (κ1) is 38.0. The predicted molar refractivity (Wildman–Crippen MR) is 158 cm³/mol. The summed E-state index contributed by atoms with van der Waals surface area (Å²) in [6.07, 6.45) is 15.9. The molecule has 0 aromatic carbocycles. The summed E-state index contributed by atoms with van der Waals surface area (Å²) in [6, 6.07) is 0. The third-order valence-electron chi connectivity index (χ3n) is 7.49. The van der Waals surface area contributed by atoms with Crippen molar-refractivity contribution in [2.24, 2.45) is 0 Å². The molecule has 0 spiro atoms. The van der Waals surface area contributed by atoms with E-state index in [1.807, 2.05) is 28.1 Å². The van der Waals surface area contributed by atoms with Crippen LogP contribution in [0.25, 0.3) is 0 Å². The van der Waals surface area contributed by atoms with Crippen LogP contribution < -0.4 is 0 Å². The van der Waals surface area contributed by atoms with Crippen molar-refractivity contribution >= 4 is 17.7 Å². The fourth-order valence-corrected chi connectivity index (χ4v) is 8.36. The van der Waals surface area contributed by atoms with Crippen molar-refractivity contribution in [1.29, 1.82) is 0 Å². The first-order valence-electron chi connectivity index (χ1n) is 14.9. The highest BCUT2D eigenvalue weighted by Gasteiger charge is 2.53. The Bertz CT molecular complexity index is 757. The van der Waals surface area contributed by atoms with Crippen LogP contribution in [0.15, 0.2) is 0 Å². The highest BCUT2D eigenvalue weighted by atomic mass is 32.2. The molecule has 0 aliphatic carbocycles. The van der Waals surface area contributed by atoms with E-state index in [1.54, 1.807) is 6.92 Å². The Morgan fingerprint density at radius 3 is 1.71 bits per heavy atom. The predicted octanol–water partition coefficient (Wildman–Crippen LogP) is 7.25. The average Bonchev–Trinajstić information content (AvgIpc) is 2.82.